The van der Waals surface area contributed by atoms with E-state index in [-0.39, 0.29) is 18.4 Å². The van der Waals surface area contributed by atoms with Gasteiger partial charge in [-0.15, -0.1) is 0 Å². The molecule has 37 heavy (non-hydrogen) atoms. The average molecular weight is 519 g/mol. The van der Waals surface area contributed by atoms with E-state index < -0.39 is 6.10 Å². The fourth-order valence-corrected chi connectivity index (χ4v) is 5.89. The third-order valence-corrected chi connectivity index (χ3v) is 7.73. The quantitative estimate of drug-likeness (QED) is 0.373. The number of nitrogens with zero attached hydrogens (tertiary/aromatic N) is 3. The van der Waals surface area contributed by atoms with Crippen LogP contribution in [-0.2, 0) is 11.2 Å². The van der Waals surface area contributed by atoms with Crippen molar-refractivity contribution < 1.29 is 14.6 Å². The predicted molar refractivity (Wildman–Crippen MR) is 143 cm³/mol. The van der Waals surface area contributed by atoms with E-state index in [0.29, 0.717) is 6.54 Å². The molecule has 2 aliphatic rings. The number of aliphatic hydroxyl groups is 1. The minimum Gasteiger partial charge on any atom is -0.491 e. The summed E-state index contributed by atoms with van der Waals surface area (Å²) in [6, 6.07) is 16.1. The molecule has 192 valence electrons. The Labute approximate surface area is 221 Å². The third-order valence-electron chi connectivity index (χ3n) is 7.49. The Morgan fingerprint density at radius 2 is 1.89 bits per heavy atom. The smallest absolute Gasteiger partial charge is 0.132 e. The Hall–Kier alpha value is -2.97. The van der Waals surface area contributed by atoms with Gasteiger partial charge in [0.1, 0.15) is 24.3 Å². The summed E-state index contributed by atoms with van der Waals surface area (Å²) in [7, 11) is 0. The van der Waals surface area contributed by atoms with Crippen molar-refractivity contribution >= 4 is 22.5 Å². The Morgan fingerprint density at radius 1 is 1.11 bits per heavy atom. The molecule has 3 heterocycles. The number of β-amino-alcohol motifs (C(OH)–C–C–N with tert-alkyl or cyclic N) is 1. The van der Waals surface area contributed by atoms with Crippen LogP contribution < -0.4 is 4.74 Å². The van der Waals surface area contributed by atoms with E-state index in [4.69, 9.17) is 21.1 Å². The van der Waals surface area contributed by atoms with Gasteiger partial charge in [0.25, 0.3) is 0 Å². The molecule has 1 aliphatic heterocycles. The van der Waals surface area contributed by atoms with Crippen molar-refractivity contribution in [2.75, 3.05) is 39.5 Å². The van der Waals surface area contributed by atoms with Crippen molar-refractivity contribution in [3.8, 4) is 5.75 Å². The highest BCUT2D eigenvalue weighted by Crippen LogP contribution is 2.47. The summed E-state index contributed by atoms with van der Waals surface area (Å²) < 4.78 is 11.3. The monoisotopic (exact) mass is 518 g/mol. The van der Waals surface area contributed by atoms with Crippen LogP contribution in [0.1, 0.15) is 40.9 Å². The predicted octanol–water partition coefficient (Wildman–Crippen LogP) is 4.55. The number of benzene rings is 2. The van der Waals surface area contributed by atoms with E-state index in [0.717, 1.165) is 61.3 Å². The van der Waals surface area contributed by atoms with E-state index in [1.165, 1.54) is 22.2 Å². The molecule has 1 aliphatic carbocycles. The zero-order valence-electron chi connectivity index (χ0n) is 20.6. The van der Waals surface area contributed by atoms with Gasteiger partial charge in [0.05, 0.1) is 13.2 Å². The number of rotatable bonds is 7. The van der Waals surface area contributed by atoms with E-state index in [1.807, 2.05) is 36.7 Å². The lowest BCUT2D eigenvalue weighted by molar-refractivity contribution is 0.00465. The Kier molecular flexibility index (Phi) is 7.11. The molecule has 2 aromatic carbocycles. The lowest BCUT2D eigenvalue weighted by Crippen LogP contribution is -2.42. The van der Waals surface area contributed by atoms with Gasteiger partial charge in [-0.05, 0) is 60.4 Å². The van der Waals surface area contributed by atoms with Crippen molar-refractivity contribution in [3.05, 3.63) is 88.6 Å². The van der Waals surface area contributed by atoms with Crippen LogP contribution >= 0.6 is 11.6 Å². The van der Waals surface area contributed by atoms with Crippen LogP contribution in [-0.4, -0.2) is 70.5 Å². The molecule has 0 bridgehead atoms. The van der Waals surface area contributed by atoms with Gasteiger partial charge < -0.3 is 19.6 Å². The second kappa shape index (κ2) is 10.8. The molecule has 1 saturated heterocycles. The molecular weight excluding hydrogens is 488 g/mol. The molecule has 7 nitrogen and oxygen atoms in total. The lowest BCUT2D eigenvalue weighted by atomic mass is 9.74. The Morgan fingerprint density at radius 3 is 2.68 bits per heavy atom. The summed E-state index contributed by atoms with van der Waals surface area (Å²) in [5.41, 5.74) is 4.80. The molecule has 3 atom stereocenters. The first-order valence-corrected chi connectivity index (χ1v) is 13.3. The molecule has 2 N–H and O–H groups in total. The fourth-order valence-electron chi connectivity index (χ4n) is 5.72. The molecule has 1 fully saturated rings. The van der Waals surface area contributed by atoms with Crippen molar-refractivity contribution in [2.24, 2.45) is 0 Å². The first kappa shape index (κ1) is 24.4. The van der Waals surface area contributed by atoms with Crippen LogP contribution in [0.4, 0.5) is 0 Å². The maximum absolute atomic E-state index is 10.4. The minimum atomic E-state index is -0.545. The number of hydrogen-bond donors (Lipinski definition) is 2. The molecule has 8 heteroatoms. The van der Waals surface area contributed by atoms with E-state index in [1.54, 1.807) is 0 Å². The summed E-state index contributed by atoms with van der Waals surface area (Å²) in [6.07, 6.45) is 4.99. The highest BCUT2D eigenvalue weighted by atomic mass is 35.5. The van der Waals surface area contributed by atoms with Crippen LogP contribution in [0.2, 0.25) is 5.02 Å². The number of hydrogen-bond acceptors (Lipinski definition) is 6. The Bertz CT molecular complexity index is 1340. The van der Waals surface area contributed by atoms with E-state index >= 15 is 0 Å². The molecule has 6 rings (SSSR count). The standard InChI is InChI=1S/C29H31ClN4O3/c30-20-4-9-26-25(16-20)23-7-8-24(29-31-10-1-11-32-29)27(28(23)33-26)19-2-5-22(6-3-19)37-18-21(35)17-34-12-14-36-15-13-34/h1-6,9-11,16,21,24,27,33,35H,7-8,12-15,17-18H2. The zero-order chi connectivity index (χ0) is 25.2. The summed E-state index contributed by atoms with van der Waals surface area (Å²) in [6.45, 7) is 3.98. The molecule has 3 unspecified atom stereocenters. The molecular formula is C29H31ClN4O3. The minimum absolute atomic E-state index is 0.0817. The zero-order valence-corrected chi connectivity index (χ0v) is 21.4. The van der Waals surface area contributed by atoms with Crippen molar-refractivity contribution in [3.63, 3.8) is 0 Å². The number of aliphatic hydroxyl groups excluding tert-OH is 1. The number of aromatic nitrogens is 3. The van der Waals surface area contributed by atoms with Gasteiger partial charge in [0.15, 0.2) is 0 Å². The molecule has 0 saturated carbocycles. The largest absolute Gasteiger partial charge is 0.491 e. The number of halogens is 1. The average Bonchev–Trinajstić information content (AvgIpc) is 3.30. The van der Waals surface area contributed by atoms with Crippen LogP contribution in [0.15, 0.2) is 60.9 Å². The summed E-state index contributed by atoms with van der Waals surface area (Å²) in [5.74, 6) is 1.84. The number of fused-ring (bicyclic) bond motifs is 3. The molecule has 0 spiro atoms. The van der Waals surface area contributed by atoms with Gasteiger partial charge in [-0.3, -0.25) is 4.90 Å². The van der Waals surface area contributed by atoms with Gasteiger partial charge >= 0.3 is 0 Å². The Balaban J connectivity index is 1.25. The third kappa shape index (κ3) is 5.22. The van der Waals surface area contributed by atoms with E-state index in [2.05, 4.69) is 44.1 Å². The normalized spacial score (nSPS) is 21.0. The highest BCUT2D eigenvalue weighted by molar-refractivity contribution is 6.31. The van der Waals surface area contributed by atoms with Crippen molar-refractivity contribution in [2.45, 2.75) is 30.8 Å². The van der Waals surface area contributed by atoms with Crippen LogP contribution in [0.3, 0.4) is 0 Å². The number of morpholine rings is 1. The number of nitrogens with one attached hydrogen (secondary N) is 1. The van der Waals surface area contributed by atoms with Crippen molar-refractivity contribution in [1.29, 1.82) is 0 Å². The summed E-state index contributed by atoms with van der Waals surface area (Å²) in [4.78, 5) is 15.1. The van der Waals surface area contributed by atoms with Crippen molar-refractivity contribution in [1.82, 2.24) is 19.9 Å². The molecule has 0 radical (unpaired) electrons. The van der Waals surface area contributed by atoms with Crippen LogP contribution in [0, 0.1) is 0 Å². The van der Waals surface area contributed by atoms with Gasteiger partial charge in [-0.2, -0.15) is 0 Å². The lowest BCUT2D eigenvalue weighted by Gasteiger charge is -2.31. The number of aryl methyl sites for hydroxylation is 1. The highest BCUT2D eigenvalue weighted by Gasteiger charge is 2.36. The second-order valence-electron chi connectivity index (χ2n) is 9.88. The van der Waals surface area contributed by atoms with E-state index in [9.17, 15) is 5.11 Å². The molecule has 2 aromatic heterocycles. The maximum Gasteiger partial charge on any atom is 0.132 e. The maximum atomic E-state index is 10.4. The number of ether oxygens (including phenoxy) is 2. The summed E-state index contributed by atoms with van der Waals surface area (Å²) >= 11 is 6.35. The number of aromatic amines is 1. The van der Waals surface area contributed by atoms with Crippen LogP contribution in [0.5, 0.6) is 5.75 Å². The first-order valence-electron chi connectivity index (χ1n) is 12.9. The molecule has 0 amide bonds. The van der Waals surface area contributed by atoms with Gasteiger partial charge in [-0.25, -0.2) is 9.97 Å². The van der Waals surface area contributed by atoms with Crippen LogP contribution in [0.25, 0.3) is 10.9 Å². The first-order chi connectivity index (χ1) is 18.2. The van der Waals surface area contributed by atoms with Gasteiger partial charge in [-0.1, -0.05) is 23.7 Å². The summed E-state index contributed by atoms with van der Waals surface area (Å²) in [5, 5.41) is 12.4. The SMILES string of the molecule is OC(COc1ccc(C2c3[nH]c4ccc(Cl)cc4c3CCC2c2ncccn2)cc1)CN1CCOCC1. The fraction of sp³-hybridized carbons (Fsp3) is 0.379. The van der Waals surface area contributed by atoms with Gasteiger partial charge in [0, 0.05) is 65.5 Å². The number of H-pyrrole nitrogens is 1. The second-order valence-corrected chi connectivity index (χ2v) is 10.3. The topological polar surface area (TPSA) is 83.5 Å². The van der Waals surface area contributed by atoms with Gasteiger partial charge in [0.2, 0.25) is 0 Å². The molecule has 4 aromatic rings.